The summed E-state index contributed by atoms with van der Waals surface area (Å²) in [6, 6.07) is 7.66. The molecule has 2 aromatic rings. The molecule has 0 aromatic heterocycles. The number of nitrogens with zero attached hydrogens (tertiary/aromatic N) is 2. The minimum atomic E-state index is -0.0781. The summed E-state index contributed by atoms with van der Waals surface area (Å²) < 4.78 is 0. The first-order chi connectivity index (χ1) is 14.4. The topological polar surface area (TPSA) is 40.6 Å². The van der Waals surface area contributed by atoms with Crippen molar-refractivity contribution in [3.8, 4) is 0 Å². The first kappa shape index (κ1) is 21.1. The van der Waals surface area contributed by atoms with Crippen molar-refractivity contribution in [1.29, 1.82) is 0 Å². The van der Waals surface area contributed by atoms with Crippen molar-refractivity contribution in [1.82, 2.24) is 9.80 Å². The van der Waals surface area contributed by atoms with E-state index in [1.807, 2.05) is 24.3 Å². The van der Waals surface area contributed by atoms with E-state index in [0.29, 0.717) is 21.1 Å². The molecule has 2 amide bonds. The van der Waals surface area contributed by atoms with Crippen molar-refractivity contribution >= 4 is 57.0 Å². The Morgan fingerprint density at radius 1 is 0.633 bits per heavy atom. The fourth-order valence-electron chi connectivity index (χ4n) is 4.88. The molecule has 2 aliphatic heterocycles. The lowest BCUT2D eigenvalue weighted by Crippen LogP contribution is -2.48. The van der Waals surface area contributed by atoms with Gasteiger partial charge in [0.15, 0.2) is 0 Å². The summed E-state index contributed by atoms with van der Waals surface area (Å²) in [7, 11) is 0. The van der Waals surface area contributed by atoms with Gasteiger partial charge in [0.05, 0.1) is 0 Å². The zero-order chi connectivity index (χ0) is 21.7. The monoisotopic (exact) mass is 438 g/mol. The molecule has 2 aliphatic rings. The predicted octanol–water partition coefficient (Wildman–Crippen LogP) is 5.48. The third-order valence-electron chi connectivity index (χ3n) is 6.57. The summed E-state index contributed by atoms with van der Waals surface area (Å²) in [6.45, 7) is 8.29. The van der Waals surface area contributed by atoms with Gasteiger partial charge >= 0.3 is 0 Å². The van der Waals surface area contributed by atoms with Crippen molar-refractivity contribution in [2.24, 2.45) is 0 Å². The van der Waals surface area contributed by atoms with Gasteiger partial charge in [-0.05, 0) is 37.8 Å². The normalized spacial score (nSPS) is 15.9. The standard InChI is InChI=1S/C24H26N2O2S2/c1-5-13(6-2)25-21(27)15-9-12-18-20-16(10-11-17(19(15)20)23(25)29)22(28)26(24(18)30)14(7-3)8-4/h9-14H,5-8H2,1-4H3. The number of hydrogen-bond acceptors (Lipinski definition) is 4. The van der Waals surface area contributed by atoms with Crippen LogP contribution in [0.2, 0.25) is 0 Å². The fraction of sp³-hybridized carbons (Fsp3) is 0.417. The molecule has 2 aromatic carbocycles. The molecule has 4 nitrogen and oxygen atoms in total. The lowest BCUT2D eigenvalue weighted by molar-refractivity contribution is 0.0787. The number of thiocarbonyl (C=S) groups is 2. The molecule has 0 atom stereocenters. The van der Waals surface area contributed by atoms with Crippen LogP contribution in [0, 0.1) is 0 Å². The van der Waals surface area contributed by atoms with Gasteiger partial charge in [-0.2, -0.15) is 0 Å². The molecule has 30 heavy (non-hydrogen) atoms. The van der Waals surface area contributed by atoms with Crippen molar-refractivity contribution in [3.05, 3.63) is 46.5 Å². The van der Waals surface area contributed by atoms with Crippen LogP contribution in [0.25, 0.3) is 10.8 Å². The molecule has 0 N–H and O–H groups in total. The van der Waals surface area contributed by atoms with Crippen LogP contribution in [0.1, 0.15) is 85.2 Å². The molecule has 0 bridgehead atoms. The van der Waals surface area contributed by atoms with E-state index in [1.165, 1.54) is 0 Å². The molecular weight excluding hydrogens is 412 g/mol. The van der Waals surface area contributed by atoms with E-state index in [4.69, 9.17) is 24.4 Å². The van der Waals surface area contributed by atoms with Gasteiger partial charge in [-0.1, -0.05) is 64.3 Å². The predicted molar refractivity (Wildman–Crippen MR) is 128 cm³/mol. The van der Waals surface area contributed by atoms with E-state index >= 15 is 0 Å². The highest BCUT2D eigenvalue weighted by atomic mass is 32.1. The van der Waals surface area contributed by atoms with Gasteiger partial charge in [0.25, 0.3) is 11.8 Å². The fourth-order valence-corrected chi connectivity index (χ4v) is 5.69. The zero-order valence-corrected chi connectivity index (χ0v) is 19.5. The van der Waals surface area contributed by atoms with Gasteiger partial charge in [0.1, 0.15) is 9.98 Å². The quantitative estimate of drug-likeness (QED) is 0.560. The number of benzene rings is 2. The second kappa shape index (κ2) is 7.82. The van der Waals surface area contributed by atoms with Crippen molar-refractivity contribution in [2.45, 2.75) is 65.5 Å². The molecule has 4 rings (SSSR count). The Balaban J connectivity index is 1.97. The van der Waals surface area contributed by atoms with Crippen molar-refractivity contribution in [2.75, 3.05) is 0 Å². The molecule has 0 saturated carbocycles. The second-order valence-electron chi connectivity index (χ2n) is 7.97. The highest BCUT2D eigenvalue weighted by Crippen LogP contribution is 2.40. The second-order valence-corrected chi connectivity index (χ2v) is 8.75. The lowest BCUT2D eigenvalue weighted by atomic mass is 9.85. The smallest absolute Gasteiger partial charge is 0.259 e. The van der Waals surface area contributed by atoms with Gasteiger partial charge in [-0.15, -0.1) is 0 Å². The number of carbonyl (C=O) groups excluding carboxylic acids is 2. The minimum absolute atomic E-state index is 0.0634. The third kappa shape index (κ3) is 2.77. The van der Waals surface area contributed by atoms with E-state index in [1.54, 1.807) is 9.80 Å². The van der Waals surface area contributed by atoms with Crippen LogP contribution in [0.4, 0.5) is 0 Å². The van der Waals surface area contributed by atoms with E-state index in [-0.39, 0.29) is 23.9 Å². The Morgan fingerprint density at radius 3 is 1.23 bits per heavy atom. The Bertz CT molecular complexity index is 943. The van der Waals surface area contributed by atoms with Crippen LogP contribution in [-0.4, -0.2) is 43.7 Å². The van der Waals surface area contributed by atoms with Crippen LogP contribution in [0.5, 0.6) is 0 Å². The first-order valence-corrected chi connectivity index (χ1v) is 11.6. The zero-order valence-electron chi connectivity index (χ0n) is 17.8. The molecule has 0 aliphatic carbocycles. The van der Waals surface area contributed by atoms with Gasteiger partial charge in [-0.25, -0.2) is 0 Å². The number of rotatable bonds is 6. The maximum Gasteiger partial charge on any atom is 0.259 e. The van der Waals surface area contributed by atoms with Gasteiger partial charge in [0, 0.05) is 45.1 Å². The summed E-state index contributed by atoms with van der Waals surface area (Å²) in [5, 5.41) is 1.56. The van der Waals surface area contributed by atoms with E-state index in [9.17, 15) is 9.59 Å². The maximum absolute atomic E-state index is 13.4. The van der Waals surface area contributed by atoms with Gasteiger partial charge in [0.2, 0.25) is 0 Å². The summed E-state index contributed by atoms with van der Waals surface area (Å²) in [6.07, 6.45) is 3.35. The van der Waals surface area contributed by atoms with E-state index in [2.05, 4.69) is 27.7 Å². The van der Waals surface area contributed by atoms with Crippen molar-refractivity contribution in [3.63, 3.8) is 0 Å². The largest absolute Gasteiger partial charge is 0.295 e. The SMILES string of the molecule is CCC(CC)N1C(=O)c2ccc3c4c(ccc(c24)C1=S)C(=O)N(C(CC)CC)C3=S. The van der Waals surface area contributed by atoms with E-state index in [0.717, 1.165) is 47.6 Å². The minimum Gasteiger partial charge on any atom is -0.295 e. The molecule has 0 fully saturated rings. The maximum atomic E-state index is 13.4. The first-order valence-electron chi connectivity index (χ1n) is 10.8. The molecule has 0 unspecified atom stereocenters. The number of carbonyl (C=O) groups is 2. The van der Waals surface area contributed by atoms with Crippen LogP contribution in [0.3, 0.4) is 0 Å². The lowest BCUT2D eigenvalue weighted by Gasteiger charge is -2.38. The Labute approximate surface area is 188 Å². The summed E-state index contributed by atoms with van der Waals surface area (Å²) in [4.78, 5) is 31.5. The molecule has 0 radical (unpaired) electrons. The molecule has 2 heterocycles. The highest BCUT2D eigenvalue weighted by Gasteiger charge is 2.39. The Kier molecular flexibility index (Phi) is 5.49. The van der Waals surface area contributed by atoms with Gasteiger partial charge < -0.3 is 0 Å². The van der Waals surface area contributed by atoms with Crippen LogP contribution in [-0.2, 0) is 0 Å². The van der Waals surface area contributed by atoms with E-state index < -0.39 is 0 Å². The molecule has 0 saturated heterocycles. The van der Waals surface area contributed by atoms with Crippen LogP contribution >= 0.6 is 24.4 Å². The number of amides is 2. The highest BCUT2D eigenvalue weighted by molar-refractivity contribution is 7.81. The molecule has 156 valence electrons. The van der Waals surface area contributed by atoms with Crippen LogP contribution in [0.15, 0.2) is 24.3 Å². The molecular formula is C24H26N2O2S2. The summed E-state index contributed by atoms with van der Waals surface area (Å²) >= 11 is 11.6. The average molecular weight is 439 g/mol. The summed E-state index contributed by atoms with van der Waals surface area (Å²) in [5.41, 5.74) is 2.91. The summed E-state index contributed by atoms with van der Waals surface area (Å²) in [5.74, 6) is -0.156. The molecule has 6 heteroatoms. The third-order valence-corrected chi connectivity index (χ3v) is 7.41. The van der Waals surface area contributed by atoms with Crippen molar-refractivity contribution < 1.29 is 9.59 Å². The van der Waals surface area contributed by atoms with Gasteiger partial charge in [-0.3, -0.25) is 19.4 Å². The Morgan fingerprint density at radius 2 is 0.933 bits per heavy atom. The number of hydrogen-bond donors (Lipinski definition) is 0. The average Bonchev–Trinajstić information content (AvgIpc) is 2.76. The Hall–Kier alpha value is -2.18. The van der Waals surface area contributed by atoms with Crippen LogP contribution < -0.4 is 0 Å². The molecule has 0 spiro atoms.